The molecule has 1 aliphatic heterocycles. The zero-order valence-corrected chi connectivity index (χ0v) is 14.2. The molecule has 21 heavy (non-hydrogen) atoms. The van der Waals surface area contributed by atoms with Crippen molar-refractivity contribution in [1.82, 2.24) is 0 Å². The minimum atomic E-state index is -1.85. The van der Waals surface area contributed by atoms with Crippen molar-refractivity contribution < 1.29 is 34.7 Å². The summed E-state index contributed by atoms with van der Waals surface area (Å²) in [6.45, 7) is 12.0. The molecule has 1 fully saturated rings. The molecule has 130 valence electrons. The molecule has 1 heterocycles. The van der Waals surface area contributed by atoms with Crippen LogP contribution in [0.25, 0.3) is 0 Å². The molecule has 0 radical (unpaired) electrons. The van der Waals surface area contributed by atoms with Gasteiger partial charge in [0.1, 0.15) is 12.7 Å². The number of ether oxygens (including phenoxy) is 2. The van der Waals surface area contributed by atoms with E-state index < -0.39 is 23.6 Å². The number of carbonyl (C=O) groups is 1. The van der Waals surface area contributed by atoms with E-state index in [2.05, 4.69) is 4.74 Å². The smallest absolute Gasteiger partial charge is 0.302 e. The van der Waals surface area contributed by atoms with Crippen molar-refractivity contribution in [3.63, 3.8) is 0 Å². The standard InChI is InChI=1S/C7H12O5.C3H8O2.2C2H6/c1-5(8)12-4-6-7(9,10)2-3-11-6;1-3(2,4)5;2*1-2/h6,9-10H,2-4H2,1H3;4-5H,1-2H3;2*1-2H3/t6-;;;/m1.../s1. The first-order valence-electron chi connectivity index (χ1n) is 7.17. The average molecular weight is 312 g/mol. The predicted molar refractivity (Wildman–Crippen MR) is 79.4 cm³/mol. The third kappa shape index (κ3) is 19.3. The van der Waals surface area contributed by atoms with Gasteiger partial charge in [0.15, 0.2) is 11.6 Å². The highest BCUT2D eigenvalue weighted by molar-refractivity contribution is 5.65. The number of esters is 1. The van der Waals surface area contributed by atoms with Crippen molar-refractivity contribution in [2.45, 2.75) is 72.6 Å². The molecule has 0 bridgehead atoms. The molecule has 0 aromatic rings. The Morgan fingerprint density at radius 1 is 1.24 bits per heavy atom. The lowest BCUT2D eigenvalue weighted by Gasteiger charge is -2.21. The van der Waals surface area contributed by atoms with Crippen LogP contribution in [0.15, 0.2) is 0 Å². The Labute approximate surface area is 127 Å². The molecule has 7 heteroatoms. The molecular weight excluding hydrogens is 280 g/mol. The van der Waals surface area contributed by atoms with Crippen LogP contribution in [-0.2, 0) is 14.3 Å². The monoisotopic (exact) mass is 312 g/mol. The van der Waals surface area contributed by atoms with Crippen LogP contribution in [0.1, 0.15) is 54.9 Å². The van der Waals surface area contributed by atoms with E-state index in [-0.39, 0.29) is 19.6 Å². The lowest BCUT2D eigenvalue weighted by Crippen LogP contribution is -2.41. The highest BCUT2D eigenvalue weighted by Crippen LogP contribution is 2.22. The van der Waals surface area contributed by atoms with E-state index in [1.165, 1.54) is 20.8 Å². The topological polar surface area (TPSA) is 116 Å². The second-order valence-corrected chi connectivity index (χ2v) is 4.28. The Kier molecular flexibility index (Phi) is 15.6. The van der Waals surface area contributed by atoms with Crippen molar-refractivity contribution >= 4 is 5.97 Å². The summed E-state index contributed by atoms with van der Waals surface area (Å²) in [6.07, 6.45) is -0.666. The third-order valence-corrected chi connectivity index (χ3v) is 1.74. The Morgan fingerprint density at radius 3 is 1.86 bits per heavy atom. The molecule has 0 aromatic carbocycles. The van der Waals surface area contributed by atoms with E-state index in [9.17, 15) is 15.0 Å². The van der Waals surface area contributed by atoms with Gasteiger partial charge < -0.3 is 29.9 Å². The molecule has 7 nitrogen and oxygen atoms in total. The lowest BCUT2D eigenvalue weighted by molar-refractivity contribution is -0.205. The fraction of sp³-hybridized carbons (Fsp3) is 0.929. The van der Waals surface area contributed by atoms with Gasteiger partial charge in [0.05, 0.1) is 6.61 Å². The SMILES string of the molecule is CC.CC.CC(=O)OC[C@H]1OCCC1(O)O.CC(C)(O)O. The number of rotatable bonds is 2. The van der Waals surface area contributed by atoms with Crippen LogP contribution < -0.4 is 0 Å². The molecule has 0 amide bonds. The van der Waals surface area contributed by atoms with Gasteiger partial charge in [-0.05, 0) is 13.8 Å². The van der Waals surface area contributed by atoms with Crippen molar-refractivity contribution in [2.24, 2.45) is 0 Å². The average Bonchev–Trinajstić information content (AvgIpc) is 2.69. The fourth-order valence-electron chi connectivity index (χ4n) is 1.02. The Morgan fingerprint density at radius 2 is 1.62 bits per heavy atom. The molecule has 0 unspecified atom stereocenters. The molecule has 4 N–H and O–H groups in total. The van der Waals surface area contributed by atoms with Crippen LogP contribution in [0, 0.1) is 0 Å². The summed E-state index contributed by atoms with van der Waals surface area (Å²) in [6, 6.07) is 0. The van der Waals surface area contributed by atoms with Gasteiger partial charge in [-0.3, -0.25) is 4.79 Å². The first-order valence-corrected chi connectivity index (χ1v) is 7.17. The Balaban J connectivity index is -0.000000304. The van der Waals surface area contributed by atoms with Gasteiger partial charge >= 0.3 is 5.97 Å². The number of aliphatic hydroxyl groups is 4. The maximum Gasteiger partial charge on any atom is 0.302 e. The largest absolute Gasteiger partial charge is 0.463 e. The maximum atomic E-state index is 10.4. The zero-order chi connectivity index (χ0) is 17.7. The van der Waals surface area contributed by atoms with E-state index in [1.807, 2.05) is 27.7 Å². The van der Waals surface area contributed by atoms with Crippen LogP contribution in [0.3, 0.4) is 0 Å². The van der Waals surface area contributed by atoms with Crippen molar-refractivity contribution in [3.05, 3.63) is 0 Å². The van der Waals surface area contributed by atoms with Crippen molar-refractivity contribution in [2.75, 3.05) is 13.2 Å². The van der Waals surface area contributed by atoms with Gasteiger partial charge in [0.25, 0.3) is 0 Å². The van der Waals surface area contributed by atoms with E-state index in [0.29, 0.717) is 0 Å². The van der Waals surface area contributed by atoms with Crippen molar-refractivity contribution in [1.29, 1.82) is 0 Å². The van der Waals surface area contributed by atoms with Gasteiger partial charge in [-0.25, -0.2) is 0 Å². The molecule has 0 saturated carbocycles. The quantitative estimate of drug-likeness (QED) is 0.440. The summed E-state index contributed by atoms with van der Waals surface area (Å²) in [4.78, 5) is 10.4. The molecule has 1 atom stereocenters. The van der Waals surface area contributed by atoms with Crippen LogP contribution >= 0.6 is 0 Å². The minimum absolute atomic E-state index is 0.109. The van der Waals surface area contributed by atoms with E-state index in [0.717, 1.165) is 0 Å². The molecular formula is C14H32O7. The summed E-state index contributed by atoms with van der Waals surface area (Å²) >= 11 is 0. The maximum absolute atomic E-state index is 10.4. The van der Waals surface area contributed by atoms with E-state index >= 15 is 0 Å². The summed E-state index contributed by atoms with van der Waals surface area (Å²) < 4.78 is 9.52. The van der Waals surface area contributed by atoms with Crippen LogP contribution in [0.4, 0.5) is 0 Å². The third-order valence-electron chi connectivity index (χ3n) is 1.74. The Hall–Kier alpha value is -0.730. The fourth-order valence-corrected chi connectivity index (χ4v) is 1.02. The molecule has 1 saturated heterocycles. The summed E-state index contributed by atoms with van der Waals surface area (Å²) in [5.74, 6) is -3.81. The molecule has 1 rings (SSSR count). The highest BCUT2D eigenvalue weighted by Gasteiger charge is 2.41. The Bertz CT molecular complexity index is 240. The van der Waals surface area contributed by atoms with E-state index in [4.69, 9.17) is 14.9 Å². The van der Waals surface area contributed by atoms with Crippen LogP contribution in [-0.4, -0.2) is 57.3 Å². The zero-order valence-electron chi connectivity index (χ0n) is 14.2. The molecule has 0 spiro atoms. The number of hydrogen-bond acceptors (Lipinski definition) is 7. The summed E-state index contributed by atoms with van der Waals surface area (Å²) in [5, 5.41) is 34.6. The van der Waals surface area contributed by atoms with Gasteiger partial charge in [0.2, 0.25) is 0 Å². The van der Waals surface area contributed by atoms with Gasteiger partial charge in [0, 0.05) is 13.3 Å². The van der Waals surface area contributed by atoms with Crippen LogP contribution in [0.5, 0.6) is 0 Å². The molecule has 1 aliphatic rings. The minimum Gasteiger partial charge on any atom is -0.463 e. The lowest BCUT2D eigenvalue weighted by atomic mass is 10.1. The first-order chi connectivity index (χ1) is 9.52. The predicted octanol–water partition coefficient (Wildman–Crippen LogP) is 0.779. The highest BCUT2D eigenvalue weighted by atomic mass is 16.6. The van der Waals surface area contributed by atoms with Gasteiger partial charge in [-0.1, -0.05) is 27.7 Å². The van der Waals surface area contributed by atoms with Gasteiger partial charge in [-0.15, -0.1) is 0 Å². The molecule has 0 aromatic heterocycles. The van der Waals surface area contributed by atoms with Gasteiger partial charge in [-0.2, -0.15) is 0 Å². The van der Waals surface area contributed by atoms with E-state index in [1.54, 1.807) is 0 Å². The van der Waals surface area contributed by atoms with Crippen molar-refractivity contribution in [3.8, 4) is 0 Å². The molecule has 0 aliphatic carbocycles. The normalized spacial score (nSPS) is 18.9. The second kappa shape index (κ2) is 13.0. The second-order valence-electron chi connectivity index (χ2n) is 4.28. The number of carbonyl (C=O) groups excluding carboxylic acids is 1. The van der Waals surface area contributed by atoms with Crippen LogP contribution in [0.2, 0.25) is 0 Å². The summed E-state index contributed by atoms with van der Waals surface area (Å²) in [5.41, 5.74) is 0. The number of hydrogen-bond donors (Lipinski definition) is 4. The summed E-state index contributed by atoms with van der Waals surface area (Å²) in [7, 11) is 0. The first kappa shape index (κ1) is 25.2.